The van der Waals surface area contributed by atoms with Crippen LogP contribution in [0.25, 0.3) is 17.0 Å². The molecule has 0 amide bonds. The summed E-state index contributed by atoms with van der Waals surface area (Å²) >= 11 is 13.8. The molecule has 1 atom stereocenters. The third-order valence-electron chi connectivity index (χ3n) is 5.36. The van der Waals surface area contributed by atoms with Crippen molar-refractivity contribution in [2.75, 3.05) is 0 Å². The monoisotopic (exact) mass is 507 g/mol. The van der Waals surface area contributed by atoms with Crippen molar-refractivity contribution in [3.8, 4) is 11.4 Å². The van der Waals surface area contributed by atoms with Crippen LogP contribution in [0.3, 0.4) is 0 Å². The number of nitrogens with zero attached hydrogens (tertiary/aromatic N) is 2. The zero-order valence-corrected chi connectivity index (χ0v) is 20.4. The van der Waals surface area contributed by atoms with Crippen LogP contribution in [0.4, 0.5) is 0 Å². The molecule has 0 saturated carbocycles. The average molecular weight is 508 g/mol. The summed E-state index contributed by atoms with van der Waals surface area (Å²) in [6, 6.07) is 24.9. The molecule has 5 nitrogen and oxygen atoms in total. The van der Waals surface area contributed by atoms with Gasteiger partial charge in [0, 0.05) is 25.4 Å². The third-order valence-corrected chi connectivity index (χ3v) is 7.11. The number of ether oxygens (including phenoxy) is 1. The molecule has 2 N–H and O–H groups in total. The Morgan fingerprint density at radius 2 is 1.53 bits per heavy atom. The van der Waals surface area contributed by atoms with Crippen LogP contribution in [0.2, 0.25) is 10.0 Å². The van der Waals surface area contributed by atoms with E-state index in [1.165, 1.54) is 0 Å². The molecule has 4 aromatic rings. The molecule has 170 valence electrons. The van der Waals surface area contributed by atoms with Gasteiger partial charge >= 0.3 is 0 Å². The molecule has 1 unspecified atom stereocenters. The van der Waals surface area contributed by atoms with Crippen molar-refractivity contribution in [1.29, 1.82) is 0 Å². The zero-order chi connectivity index (χ0) is 23.7. The molecule has 2 heterocycles. The molecule has 1 aromatic heterocycles. The molecule has 1 aliphatic rings. The first-order valence-corrected chi connectivity index (χ1v) is 12.0. The Balaban J connectivity index is 1.61. The van der Waals surface area contributed by atoms with Gasteiger partial charge in [-0.15, -0.1) is 0 Å². The second-order valence-corrected chi connectivity index (χ2v) is 9.62. The summed E-state index contributed by atoms with van der Waals surface area (Å²) in [5, 5.41) is 5.50. The normalized spacial score (nSPS) is 16.0. The van der Waals surface area contributed by atoms with E-state index in [1.807, 2.05) is 85.8 Å². The molecule has 34 heavy (non-hydrogen) atoms. The van der Waals surface area contributed by atoms with Gasteiger partial charge in [-0.25, -0.2) is 0 Å². The maximum atomic E-state index is 6.43. The number of rotatable bonds is 5. The topological polar surface area (TPSA) is 74.2 Å². The lowest BCUT2D eigenvalue weighted by Crippen LogP contribution is -2.19. The highest BCUT2D eigenvalue weighted by Crippen LogP contribution is 2.50. The average Bonchev–Trinajstić information content (AvgIpc) is 3.33. The quantitative estimate of drug-likeness (QED) is 0.301. The number of allylic oxidation sites excluding steroid dienone is 3. The second kappa shape index (κ2) is 9.58. The van der Waals surface area contributed by atoms with Gasteiger partial charge in [-0.2, -0.15) is 4.98 Å². The summed E-state index contributed by atoms with van der Waals surface area (Å²) in [6.45, 7) is 1.90. The van der Waals surface area contributed by atoms with Crippen LogP contribution in [0, 0.1) is 0 Å². The van der Waals surface area contributed by atoms with Gasteiger partial charge < -0.3 is 15.0 Å². The van der Waals surface area contributed by atoms with Crippen molar-refractivity contribution in [2.24, 2.45) is 5.73 Å². The first kappa shape index (κ1) is 22.6. The molecular formula is C26H19Cl2N3O2S. The fourth-order valence-corrected chi connectivity index (χ4v) is 5.08. The second-order valence-electron chi connectivity index (χ2n) is 7.63. The van der Waals surface area contributed by atoms with Gasteiger partial charge in [0.25, 0.3) is 5.89 Å². The van der Waals surface area contributed by atoms with E-state index in [0.717, 1.165) is 20.9 Å². The predicted octanol–water partition coefficient (Wildman–Crippen LogP) is 7.51. The van der Waals surface area contributed by atoms with Gasteiger partial charge in [-0.05, 0) is 48.9 Å². The molecular weight excluding hydrogens is 489 g/mol. The molecule has 0 spiro atoms. The van der Waals surface area contributed by atoms with Crippen molar-refractivity contribution in [3.63, 3.8) is 0 Å². The summed E-state index contributed by atoms with van der Waals surface area (Å²) in [6.07, 6.45) is 0. The van der Waals surface area contributed by atoms with E-state index in [1.54, 1.807) is 11.8 Å². The summed E-state index contributed by atoms with van der Waals surface area (Å²) in [4.78, 5) is 6.62. The molecule has 3 aromatic carbocycles. The van der Waals surface area contributed by atoms with E-state index >= 15 is 0 Å². The van der Waals surface area contributed by atoms with Gasteiger partial charge in [-0.3, -0.25) is 0 Å². The number of nitrogens with two attached hydrogens (primary N) is 1. The smallest absolute Gasteiger partial charge is 0.260 e. The maximum absolute atomic E-state index is 6.43. The van der Waals surface area contributed by atoms with Crippen LogP contribution in [0.15, 0.2) is 105 Å². The van der Waals surface area contributed by atoms with Crippen LogP contribution in [0.1, 0.15) is 24.3 Å². The minimum absolute atomic E-state index is 0.223. The molecule has 0 bridgehead atoms. The highest BCUT2D eigenvalue weighted by atomic mass is 35.5. The minimum Gasteiger partial charge on any atom is -0.445 e. The Hall–Kier alpha value is -3.19. The largest absolute Gasteiger partial charge is 0.445 e. The Morgan fingerprint density at radius 1 is 0.882 bits per heavy atom. The van der Waals surface area contributed by atoms with Crippen molar-refractivity contribution in [2.45, 2.75) is 17.7 Å². The van der Waals surface area contributed by atoms with Crippen LogP contribution < -0.4 is 5.73 Å². The summed E-state index contributed by atoms with van der Waals surface area (Å²) in [5.41, 5.74) is 8.85. The Morgan fingerprint density at radius 3 is 2.21 bits per heavy atom. The number of thioether (sulfide) groups is 1. The van der Waals surface area contributed by atoms with Crippen LogP contribution >= 0.6 is 35.0 Å². The van der Waals surface area contributed by atoms with Crippen molar-refractivity contribution in [3.05, 3.63) is 117 Å². The fourth-order valence-electron chi connectivity index (χ4n) is 3.75. The standard InChI is InChI=1S/C26H19Cl2N3O2S/c1-15-23(34-20-13-11-19(28)12-14-20)21(16-7-9-18(27)10-8-16)22(24(29)32-15)26-30-25(31-33-26)17-5-3-2-4-6-17/h2-14,21H,29H2,1H3. The zero-order valence-electron chi connectivity index (χ0n) is 18.0. The first-order valence-electron chi connectivity index (χ1n) is 10.5. The molecule has 0 saturated heterocycles. The molecule has 0 radical (unpaired) electrons. The van der Waals surface area contributed by atoms with Crippen LogP contribution in [-0.4, -0.2) is 10.1 Å². The lowest BCUT2D eigenvalue weighted by atomic mass is 9.88. The van der Waals surface area contributed by atoms with Crippen molar-refractivity contribution < 1.29 is 9.26 Å². The van der Waals surface area contributed by atoms with E-state index in [-0.39, 0.29) is 11.8 Å². The molecule has 1 aliphatic heterocycles. The molecule has 8 heteroatoms. The third kappa shape index (κ3) is 4.57. The highest BCUT2D eigenvalue weighted by molar-refractivity contribution is 8.03. The Labute approximate surface area is 211 Å². The number of aromatic nitrogens is 2. The van der Waals surface area contributed by atoms with E-state index in [9.17, 15) is 0 Å². The van der Waals surface area contributed by atoms with Gasteiger partial charge in [0.15, 0.2) is 5.88 Å². The number of halogens is 2. The van der Waals surface area contributed by atoms with Crippen LogP contribution in [0.5, 0.6) is 0 Å². The number of benzene rings is 3. The lowest BCUT2D eigenvalue weighted by Gasteiger charge is -2.29. The molecule has 0 fully saturated rings. The molecule has 5 rings (SSSR count). The first-order chi connectivity index (χ1) is 16.5. The number of hydrogen-bond acceptors (Lipinski definition) is 6. The Bertz CT molecular complexity index is 1380. The van der Waals surface area contributed by atoms with Gasteiger partial charge in [0.05, 0.1) is 11.5 Å². The predicted molar refractivity (Wildman–Crippen MR) is 136 cm³/mol. The van der Waals surface area contributed by atoms with Crippen molar-refractivity contribution in [1.82, 2.24) is 10.1 Å². The lowest BCUT2D eigenvalue weighted by molar-refractivity contribution is 0.289. The SMILES string of the molecule is CC1=C(Sc2ccc(Cl)cc2)C(c2ccc(Cl)cc2)C(c2nc(-c3ccccc3)no2)=C(N)O1. The number of hydrogen-bond donors (Lipinski definition) is 1. The minimum atomic E-state index is -0.296. The van der Waals surface area contributed by atoms with E-state index < -0.39 is 0 Å². The summed E-state index contributed by atoms with van der Waals surface area (Å²) < 4.78 is 11.7. The van der Waals surface area contributed by atoms with Crippen LogP contribution in [-0.2, 0) is 4.74 Å². The summed E-state index contributed by atoms with van der Waals surface area (Å²) in [5.74, 6) is 1.41. The van der Waals surface area contributed by atoms with Crippen molar-refractivity contribution >= 4 is 40.5 Å². The van der Waals surface area contributed by atoms with Gasteiger partial charge in [0.1, 0.15) is 5.76 Å². The molecule has 0 aliphatic carbocycles. The van der Waals surface area contributed by atoms with E-state index in [2.05, 4.69) is 10.1 Å². The summed E-state index contributed by atoms with van der Waals surface area (Å²) in [7, 11) is 0. The van der Waals surface area contributed by atoms with E-state index in [4.69, 9.17) is 38.2 Å². The fraction of sp³-hybridized carbons (Fsp3) is 0.0769. The van der Waals surface area contributed by atoms with E-state index in [0.29, 0.717) is 33.1 Å². The highest BCUT2D eigenvalue weighted by Gasteiger charge is 2.36. The van der Waals surface area contributed by atoms with Gasteiger partial charge in [0.2, 0.25) is 5.82 Å². The Kier molecular flexibility index (Phi) is 6.37. The van der Waals surface area contributed by atoms with Gasteiger partial charge in [-0.1, -0.05) is 82.6 Å². The maximum Gasteiger partial charge on any atom is 0.260 e.